The molecule has 30 heavy (non-hydrogen) atoms. The van der Waals surface area contributed by atoms with Gasteiger partial charge in [-0.25, -0.2) is 0 Å². The van der Waals surface area contributed by atoms with Gasteiger partial charge in [-0.2, -0.15) is 0 Å². The smallest absolute Gasteiger partial charge is 0.228 e. The summed E-state index contributed by atoms with van der Waals surface area (Å²) in [7, 11) is 2.21. The Kier molecular flexibility index (Phi) is 6.58. The number of likely N-dealkylation sites (N-methyl/N-ethyl adjacent to an activating group) is 1. The zero-order chi connectivity index (χ0) is 20.9. The standard InChI is InChI=1S/C25H33N3O2/c1-3-4-15-30-23-11-5-19(6-12-23)16-25(29)26-21-7-9-22(10-8-21)28-14-13-20-17-27(2)18-24(20)28/h5-12,20,24H,3-4,13-18H2,1-2H3,(H,26,29)/t20-,24+/m1/s1. The van der Waals surface area contributed by atoms with E-state index in [1.54, 1.807) is 0 Å². The van der Waals surface area contributed by atoms with E-state index in [-0.39, 0.29) is 5.91 Å². The third kappa shape index (κ3) is 4.96. The molecule has 2 aromatic rings. The van der Waals surface area contributed by atoms with Gasteiger partial charge in [0.25, 0.3) is 0 Å². The summed E-state index contributed by atoms with van der Waals surface area (Å²) >= 11 is 0. The van der Waals surface area contributed by atoms with E-state index >= 15 is 0 Å². The molecule has 1 N–H and O–H groups in total. The van der Waals surface area contributed by atoms with Crippen molar-refractivity contribution < 1.29 is 9.53 Å². The Morgan fingerprint density at radius 3 is 2.60 bits per heavy atom. The fourth-order valence-corrected chi connectivity index (χ4v) is 4.66. The number of rotatable bonds is 8. The molecule has 0 bridgehead atoms. The van der Waals surface area contributed by atoms with Crippen LogP contribution in [0.1, 0.15) is 31.7 Å². The van der Waals surface area contributed by atoms with Crippen LogP contribution in [-0.4, -0.2) is 50.1 Å². The molecule has 2 atom stereocenters. The van der Waals surface area contributed by atoms with Crippen LogP contribution >= 0.6 is 0 Å². The highest BCUT2D eigenvalue weighted by Gasteiger charge is 2.39. The maximum Gasteiger partial charge on any atom is 0.228 e. The minimum absolute atomic E-state index is 0.000977. The number of carbonyl (C=O) groups excluding carboxylic acids is 1. The van der Waals surface area contributed by atoms with Crippen LogP contribution in [0, 0.1) is 5.92 Å². The van der Waals surface area contributed by atoms with Gasteiger partial charge in [-0.1, -0.05) is 25.5 Å². The van der Waals surface area contributed by atoms with Crippen molar-refractivity contribution in [3.05, 3.63) is 54.1 Å². The fourth-order valence-electron chi connectivity index (χ4n) is 4.66. The molecule has 0 aliphatic carbocycles. The van der Waals surface area contributed by atoms with Crippen molar-refractivity contribution in [2.24, 2.45) is 5.92 Å². The Morgan fingerprint density at radius 2 is 1.87 bits per heavy atom. The molecule has 160 valence electrons. The van der Waals surface area contributed by atoms with Gasteiger partial charge < -0.3 is 19.9 Å². The van der Waals surface area contributed by atoms with Crippen molar-refractivity contribution in [3.8, 4) is 5.75 Å². The van der Waals surface area contributed by atoms with Gasteiger partial charge in [0.15, 0.2) is 0 Å². The van der Waals surface area contributed by atoms with Crippen molar-refractivity contribution in [1.29, 1.82) is 0 Å². The van der Waals surface area contributed by atoms with E-state index in [4.69, 9.17) is 4.74 Å². The minimum atomic E-state index is 0.000977. The molecule has 4 rings (SSSR count). The number of likely N-dealkylation sites (tertiary alicyclic amines) is 1. The number of nitrogens with zero attached hydrogens (tertiary/aromatic N) is 2. The maximum atomic E-state index is 12.4. The molecule has 2 aromatic carbocycles. The van der Waals surface area contributed by atoms with Crippen LogP contribution in [0.4, 0.5) is 11.4 Å². The number of ether oxygens (including phenoxy) is 1. The zero-order valence-electron chi connectivity index (χ0n) is 18.1. The number of amides is 1. The second kappa shape index (κ2) is 9.52. The van der Waals surface area contributed by atoms with Crippen molar-refractivity contribution in [3.63, 3.8) is 0 Å². The number of hydrogen-bond acceptors (Lipinski definition) is 4. The molecule has 0 radical (unpaired) electrons. The number of benzene rings is 2. The molecule has 5 nitrogen and oxygen atoms in total. The van der Waals surface area contributed by atoms with E-state index in [2.05, 4.69) is 41.2 Å². The van der Waals surface area contributed by atoms with Gasteiger partial charge in [0.05, 0.1) is 13.0 Å². The molecule has 2 saturated heterocycles. The molecular weight excluding hydrogens is 374 g/mol. The highest BCUT2D eigenvalue weighted by atomic mass is 16.5. The summed E-state index contributed by atoms with van der Waals surface area (Å²) in [4.78, 5) is 17.4. The predicted octanol–water partition coefficient (Wildman–Crippen LogP) is 4.19. The van der Waals surface area contributed by atoms with E-state index in [0.29, 0.717) is 12.5 Å². The Hall–Kier alpha value is -2.53. The molecule has 0 saturated carbocycles. The summed E-state index contributed by atoms with van der Waals surface area (Å²) < 4.78 is 5.68. The van der Waals surface area contributed by atoms with E-state index < -0.39 is 0 Å². The topological polar surface area (TPSA) is 44.8 Å². The number of unbranched alkanes of at least 4 members (excludes halogenated alkanes) is 1. The van der Waals surface area contributed by atoms with E-state index in [1.807, 2.05) is 36.4 Å². The van der Waals surface area contributed by atoms with Gasteiger partial charge in [-0.05, 0) is 67.8 Å². The molecule has 5 heteroatoms. The molecular formula is C25H33N3O2. The van der Waals surface area contributed by atoms with Gasteiger partial charge in [-0.15, -0.1) is 0 Å². The van der Waals surface area contributed by atoms with Crippen LogP contribution in [0.3, 0.4) is 0 Å². The van der Waals surface area contributed by atoms with E-state index in [1.165, 1.54) is 18.7 Å². The van der Waals surface area contributed by atoms with Crippen molar-refractivity contribution in [2.45, 2.75) is 38.6 Å². The molecule has 2 fully saturated rings. The van der Waals surface area contributed by atoms with Crippen LogP contribution in [0.25, 0.3) is 0 Å². The Bertz CT molecular complexity index is 834. The fraction of sp³-hybridized carbons (Fsp3) is 0.480. The molecule has 0 spiro atoms. The zero-order valence-corrected chi connectivity index (χ0v) is 18.1. The maximum absolute atomic E-state index is 12.4. The quantitative estimate of drug-likeness (QED) is 0.667. The summed E-state index contributed by atoms with van der Waals surface area (Å²) in [5.41, 5.74) is 3.09. The van der Waals surface area contributed by atoms with Crippen molar-refractivity contribution in [2.75, 3.05) is 43.5 Å². The minimum Gasteiger partial charge on any atom is -0.494 e. The lowest BCUT2D eigenvalue weighted by atomic mass is 10.0. The number of anilines is 2. The lowest BCUT2D eigenvalue weighted by Gasteiger charge is -2.26. The average molecular weight is 408 g/mol. The third-order valence-electron chi connectivity index (χ3n) is 6.27. The second-order valence-corrected chi connectivity index (χ2v) is 8.65. The summed E-state index contributed by atoms with van der Waals surface area (Å²) in [6.45, 7) is 6.37. The average Bonchev–Trinajstić information content (AvgIpc) is 3.29. The normalized spacial score (nSPS) is 20.9. The van der Waals surface area contributed by atoms with Crippen molar-refractivity contribution in [1.82, 2.24) is 4.90 Å². The summed E-state index contributed by atoms with van der Waals surface area (Å²) in [5, 5.41) is 3.02. The Balaban J connectivity index is 1.29. The largest absolute Gasteiger partial charge is 0.494 e. The summed E-state index contributed by atoms with van der Waals surface area (Å²) in [6.07, 6.45) is 3.81. The SMILES string of the molecule is CCCCOc1ccc(CC(=O)Nc2ccc(N3CC[C@@H]4CN(C)C[C@@H]43)cc2)cc1. The van der Waals surface area contributed by atoms with Crippen LogP contribution in [0.5, 0.6) is 5.75 Å². The van der Waals surface area contributed by atoms with Gasteiger partial charge in [0, 0.05) is 37.1 Å². The number of carbonyl (C=O) groups is 1. The first-order chi connectivity index (χ1) is 14.6. The lowest BCUT2D eigenvalue weighted by molar-refractivity contribution is -0.115. The monoisotopic (exact) mass is 407 g/mol. The molecule has 0 aromatic heterocycles. The van der Waals surface area contributed by atoms with Crippen LogP contribution in [0.2, 0.25) is 0 Å². The van der Waals surface area contributed by atoms with Gasteiger partial charge >= 0.3 is 0 Å². The number of nitrogens with one attached hydrogen (secondary N) is 1. The third-order valence-corrected chi connectivity index (χ3v) is 6.27. The first kappa shape index (κ1) is 20.7. The summed E-state index contributed by atoms with van der Waals surface area (Å²) in [5.74, 6) is 1.65. The van der Waals surface area contributed by atoms with Crippen molar-refractivity contribution >= 4 is 17.3 Å². The lowest BCUT2D eigenvalue weighted by Crippen LogP contribution is -2.34. The molecule has 1 amide bonds. The van der Waals surface area contributed by atoms with Crippen LogP contribution < -0.4 is 15.0 Å². The van der Waals surface area contributed by atoms with Gasteiger partial charge in [0.1, 0.15) is 5.75 Å². The second-order valence-electron chi connectivity index (χ2n) is 8.65. The summed E-state index contributed by atoms with van der Waals surface area (Å²) in [6, 6.07) is 16.8. The van der Waals surface area contributed by atoms with E-state index in [0.717, 1.165) is 55.5 Å². The van der Waals surface area contributed by atoms with Gasteiger partial charge in [-0.3, -0.25) is 4.79 Å². The molecule has 2 aliphatic rings. The Morgan fingerprint density at radius 1 is 1.10 bits per heavy atom. The highest BCUT2D eigenvalue weighted by molar-refractivity contribution is 5.92. The first-order valence-electron chi connectivity index (χ1n) is 11.2. The molecule has 2 heterocycles. The van der Waals surface area contributed by atoms with E-state index in [9.17, 15) is 4.79 Å². The predicted molar refractivity (Wildman–Crippen MR) is 122 cm³/mol. The number of hydrogen-bond donors (Lipinski definition) is 1. The first-order valence-corrected chi connectivity index (χ1v) is 11.2. The Labute approximate surface area is 180 Å². The van der Waals surface area contributed by atoms with Crippen LogP contribution in [-0.2, 0) is 11.2 Å². The number of fused-ring (bicyclic) bond motifs is 1. The van der Waals surface area contributed by atoms with Gasteiger partial charge in [0.2, 0.25) is 5.91 Å². The van der Waals surface area contributed by atoms with Crippen LogP contribution in [0.15, 0.2) is 48.5 Å². The molecule has 0 unspecified atom stereocenters. The molecule has 2 aliphatic heterocycles. The highest BCUT2D eigenvalue weighted by Crippen LogP contribution is 2.34.